The maximum atomic E-state index is 13.2. The molecule has 8 heteroatoms. The summed E-state index contributed by atoms with van der Waals surface area (Å²) in [6, 6.07) is 12.2. The van der Waals surface area contributed by atoms with E-state index in [9.17, 15) is 9.59 Å². The van der Waals surface area contributed by atoms with E-state index in [0.29, 0.717) is 42.3 Å². The number of methoxy groups -OCH3 is 2. The second kappa shape index (κ2) is 9.77. The molecule has 2 heterocycles. The van der Waals surface area contributed by atoms with Crippen molar-refractivity contribution in [3.05, 3.63) is 66.2 Å². The Morgan fingerprint density at radius 2 is 1.88 bits per heavy atom. The Balaban J connectivity index is 1.42. The summed E-state index contributed by atoms with van der Waals surface area (Å²) in [4.78, 5) is 31.8. The van der Waals surface area contributed by atoms with Crippen LogP contribution in [0.2, 0.25) is 0 Å². The minimum atomic E-state index is -0.519. The molecule has 33 heavy (non-hydrogen) atoms. The molecule has 4 rings (SSSR count). The van der Waals surface area contributed by atoms with Gasteiger partial charge in [-0.05, 0) is 36.1 Å². The predicted octanol–water partition coefficient (Wildman–Crippen LogP) is 3.53. The van der Waals surface area contributed by atoms with Crippen molar-refractivity contribution in [1.82, 2.24) is 15.2 Å². The Kier molecular flexibility index (Phi) is 6.63. The average Bonchev–Trinajstić information content (AvgIpc) is 3.52. The van der Waals surface area contributed by atoms with E-state index in [4.69, 9.17) is 13.9 Å². The van der Waals surface area contributed by atoms with E-state index in [-0.39, 0.29) is 17.7 Å². The lowest BCUT2D eigenvalue weighted by molar-refractivity contribution is -0.125. The van der Waals surface area contributed by atoms with Crippen molar-refractivity contribution >= 4 is 11.8 Å². The van der Waals surface area contributed by atoms with Crippen LogP contribution in [0.1, 0.15) is 29.3 Å². The van der Waals surface area contributed by atoms with Crippen LogP contribution >= 0.6 is 0 Å². The second-order valence-electron chi connectivity index (χ2n) is 8.16. The van der Waals surface area contributed by atoms with Crippen molar-refractivity contribution in [2.45, 2.75) is 25.9 Å². The van der Waals surface area contributed by atoms with Crippen LogP contribution in [0.4, 0.5) is 0 Å². The molecule has 0 aliphatic carbocycles. The zero-order valence-electron chi connectivity index (χ0n) is 18.9. The Morgan fingerprint density at radius 1 is 1.12 bits per heavy atom. The number of nitrogens with zero attached hydrogens (tertiary/aromatic N) is 2. The number of carbonyl (C=O) groups excluding carboxylic acids is 2. The van der Waals surface area contributed by atoms with Crippen LogP contribution in [0.15, 0.2) is 59.5 Å². The molecule has 1 N–H and O–H groups in total. The normalized spacial score (nSPS) is 17.6. The first kappa shape index (κ1) is 22.4. The number of benzene rings is 2. The van der Waals surface area contributed by atoms with Gasteiger partial charge in [0.25, 0.3) is 5.91 Å². The highest BCUT2D eigenvalue weighted by Gasteiger charge is 2.38. The minimum absolute atomic E-state index is 0.160. The molecular weight excluding hydrogens is 422 g/mol. The lowest BCUT2D eigenvalue weighted by Gasteiger charge is -2.24. The maximum absolute atomic E-state index is 13.2. The Labute approximate surface area is 192 Å². The van der Waals surface area contributed by atoms with E-state index < -0.39 is 6.04 Å². The predicted molar refractivity (Wildman–Crippen MR) is 122 cm³/mol. The van der Waals surface area contributed by atoms with Gasteiger partial charge in [0.1, 0.15) is 6.04 Å². The van der Waals surface area contributed by atoms with Gasteiger partial charge in [0.2, 0.25) is 5.91 Å². The van der Waals surface area contributed by atoms with Gasteiger partial charge in [-0.15, -0.1) is 0 Å². The van der Waals surface area contributed by atoms with E-state index >= 15 is 0 Å². The van der Waals surface area contributed by atoms with Crippen molar-refractivity contribution in [3.63, 3.8) is 0 Å². The lowest BCUT2D eigenvalue weighted by Crippen LogP contribution is -2.45. The molecule has 1 aliphatic heterocycles. The molecule has 0 unspecified atom stereocenters. The number of hydrogen-bond donors (Lipinski definition) is 1. The number of carbonyl (C=O) groups is 2. The zero-order chi connectivity index (χ0) is 23.4. The van der Waals surface area contributed by atoms with Gasteiger partial charge in [-0.3, -0.25) is 9.59 Å². The van der Waals surface area contributed by atoms with Crippen molar-refractivity contribution in [2.24, 2.45) is 5.92 Å². The molecule has 8 nitrogen and oxygen atoms in total. The highest BCUT2D eigenvalue weighted by atomic mass is 16.5. The van der Waals surface area contributed by atoms with E-state index in [0.717, 1.165) is 11.1 Å². The lowest BCUT2D eigenvalue weighted by atomic mass is 10.1. The molecule has 172 valence electrons. The molecular formula is C25H27N3O5. The zero-order valence-corrected chi connectivity index (χ0v) is 18.9. The average molecular weight is 450 g/mol. The number of nitrogens with one attached hydrogen (secondary N) is 1. The van der Waals surface area contributed by atoms with Gasteiger partial charge >= 0.3 is 0 Å². The fourth-order valence-electron chi connectivity index (χ4n) is 4.11. The number of oxazole rings is 1. The fraction of sp³-hybridized carbons (Fsp3) is 0.320. The Bertz CT molecular complexity index is 1110. The molecule has 1 aliphatic rings. The molecule has 2 amide bonds. The summed E-state index contributed by atoms with van der Waals surface area (Å²) in [6.45, 7) is 2.94. The highest BCUT2D eigenvalue weighted by Crippen LogP contribution is 2.30. The maximum Gasteiger partial charge on any atom is 0.254 e. The van der Waals surface area contributed by atoms with E-state index in [1.165, 1.54) is 13.5 Å². The monoisotopic (exact) mass is 449 g/mol. The second-order valence-corrected chi connectivity index (χ2v) is 8.16. The summed E-state index contributed by atoms with van der Waals surface area (Å²) in [5.41, 5.74) is 2.33. The quantitative estimate of drug-likeness (QED) is 0.593. The van der Waals surface area contributed by atoms with Gasteiger partial charge in [-0.2, -0.15) is 0 Å². The molecule has 1 saturated heterocycles. The first-order valence-corrected chi connectivity index (χ1v) is 10.8. The van der Waals surface area contributed by atoms with E-state index in [1.54, 1.807) is 36.4 Å². The third-order valence-electron chi connectivity index (χ3n) is 5.84. The molecule has 2 aromatic carbocycles. The topological polar surface area (TPSA) is 93.9 Å². The number of amides is 2. The van der Waals surface area contributed by atoms with Gasteiger partial charge in [0.05, 0.1) is 20.4 Å². The van der Waals surface area contributed by atoms with Crippen LogP contribution in [0.3, 0.4) is 0 Å². The van der Waals surface area contributed by atoms with E-state index in [1.807, 2.05) is 31.2 Å². The van der Waals surface area contributed by atoms with Gasteiger partial charge in [-0.1, -0.05) is 31.2 Å². The third kappa shape index (κ3) is 4.84. The van der Waals surface area contributed by atoms with Crippen molar-refractivity contribution in [3.8, 4) is 22.8 Å². The van der Waals surface area contributed by atoms with Crippen LogP contribution in [0.25, 0.3) is 11.3 Å². The molecule has 0 radical (unpaired) electrons. The first-order chi connectivity index (χ1) is 16.0. The molecule has 2 atom stereocenters. The largest absolute Gasteiger partial charge is 0.493 e. The molecule has 0 bridgehead atoms. The summed E-state index contributed by atoms with van der Waals surface area (Å²) < 4.78 is 15.9. The van der Waals surface area contributed by atoms with Gasteiger partial charge in [0.15, 0.2) is 23.7 Å². The fourth-order valence-corrected chi connectivity index (χ4v) is 4.11. The minimum Gasteiger partial charge on any atom is -0.493 e. The van der Waals surface area contributed by atoms with Crippen LogP contribution in [0.5, 0.6) is 11.5 Å². The number of rotatable bonds is 7. The summed E-state index contributed by atoms with van der Waals surface area (Å²) >= 11 is 0. The van der Waals surface area contributed by atoms with Gasteiger partial charge in [-0.25, -0.2) is 4.98 Å². The summed E-state index contributed by atoms with van der Waals surface area (Å²) in [5.74, 6) is 1.59. The van der Waals surface area contributed by atoms with Crippen molar-refractivity contribution in [2.75, 3.05) is 20.8 Å². The SMILES string of the molecule is COc1ccc(C(=O)N2C[C@H](C)C[C@H]2C(=O)NCc2ccc(-c3cnco3)cc2)cc1OC. The number of hydrogen-bond acceptors (Lipinski definition) is 6. The standard InChI is InChI=1S/C25H27N3O5/c1-16-10-20(28(14-16)25(30)19-8-9-21(31-2)22(11-19)32-3)24(29)27-12-17-4-6-18(7-5-17)23-13-26-15-33-23/h4-9,11,13,15-16,20H,10,12,14H2,1-3H3,(H,27,29)/t16-,20+/m1/s1. The number of likely N-dealkylation sites (tertiary alicyclic amines) is 1. The van der Waals surface area contributed by atoms with Crippen LogP contribution in [-0.2, 0) is 11.3 Å². The first-order valence-electron chi connectivity index (χ1n) is 10.8. The van der Waals surface area contributed by atoms with Gasteiger partial charge < -0.3 is 24.1 Å². The van der Waals surface area contributed by atoms with Crippen LogP contribution in [0, 0.1) is 5.92 Å². The van der Waals surface area contributed by atoms with Crippen molar-refractivity contribution in [1.29, 1.82) is 0 Å². The molecule has 0 spiro atoms. The summed E-state index contributed by atoms with van der Waals surface area (Å²) in [7, 11) is 3.07. The molecule has 1 fully saturated rings. The van der Waals surface area contributed by atoms with Crippen LogP contribution < -0.4 is 14.8 Å². The Hall–Kier alpha value is -3.81. The highest BCUT2D eigenvalue weighted by molar-refractivity contribution is 5.98. The Morgan fingerprint density at radius 3 is 2.55 bits per heavy atom. The number of aromatic nitrogens is 1. The van der Waals surface area contributed by atoms with Crippen molar-refractivity contribution < 1.29 is 23.5 Å². The molecule has 1 aromatic heterocycles. The van der Waals surface area contributed by atoms with Gasteiger partial charge in [0, 0.05) is 24.2 Å². The number of ether oxygens (including phenoxy) is 2. The molecule has 0 saturated carbocycles. The third-order valence-corrected chi connectivity index (χ3v) is 5.84. The summed E-state index contributed by atoms with van der Waals surface area (Å²) in [6.07, 6.45) is 3.67. The van der Waals surface area contributed by atoms with E-state index in [2.05, 4.69) is 10.3 Å². The smallest absolute Gasteiger partial charge is 0.254 e. The van der Waals surface area contributed by atoms with Crippen LogP contribution in [-0.4, -0.2) is 48.5 Å². The molecule has 3 aromatic rings. The summed E-state index contributed by atoms with van der Waals surface area (Å²) in [5, 5.41) is 2.98.